The summed E-state index contributed by atoms with van der Waals surface area (Å²) in [6, 6.07) is 2.76. The number of carbonyl (C=O) groups excluding carboxylic acids is 1. The molecule has 0 spiro atoms. The summed E-state index contributed by atoms with van der Waals surface area (Å²) in [6.45, 7) is 3.22. The molecule has 0 bridgehead atoms. The van der Waals surface area contributed by atoms with Crippen LogP contribution in [0, 0.1) is 12.7 Å². The Balaban J connectivity index is 1.47. The van der Waals surface area contributed by atoms with E-state index in [0.29, 0.717) is 31.9 Å². The molecule has 0 saturated carbocycles. The Hall–Kier alpha value is -2.03. The highest BCUT2D eigenvalue weighted by Gasteiger charge is 2.40. The van der Waals surface area contributed by atoms with Crippen LogP contribution < -0.4 is 0 Å². The molecule has 138 valence electrons. The van der Waals surface area contributed by atoms with Gasteiger partial charge in [0.1, 0.15) is 36.7 Å². The van der Waals surface area contributed by atoms with Gasteiger partial charge in [0, 0.05) is 13.1 Å². The van der Waals surface area contributed by atoms with E-state index in [0.717, 1.165) is 0 Å². The fourth-order valence-electron chi connectivity index (χ4n) is 3.32. The Morgan fingerprint density at radius 1 is 1.27 bits per heavy atom. The standard InChI is InChI=1S/C17H18ClFN4O3/c1-10-2-3-12(19)15(16(10)18)17(24)22-4-13-14(5-22)26-7-11(6-25-13)23-9-20-8-21-23/h2-3,8-9,11,13-14H,4-7H2,1H3/t13-,14-/m0/s1. The summed E-state index contributed by atoms with van der Waals surface area (Å²) in [5.74, 6) is -1.06. The zero-order valence-electron chi connectivity index (χ0n) is 14.1. The molecular formula is C17H18ClFN4O3. The van der Waals surface area contributed by atoms with Crippen molar-refractivity contribution in [1.29, 1.82) is 0 Å². The van der Waals surface area contributed by atoms with Gasteiger partial charge in [-0.05, 0) is 18.6 Å². The van der Waals surface area contributed by atoms with Crippen LogP contribution in [0.25, 0.3) is 0 Å². The number of amides is 1. The minimum Gasteiger partial charge on any atom is -0.371 e. The van der Waals surface area contributed by atoms with Crippen molar-refractivity contribution < 1.29 is 18.7 Å². The van der Waals surface area contributed by atoms with Gasteiger partial charge in [-0.1, -0.05) is 17.7 Å². The summed E-state index contributed by atoms with van der Waals surface area (Å²) in [4.78, 5) is 18.3. The van der Waals surface area contributed by atoms with Crippen molar-refractivity contribution in [1.82, 2.24) is 19.7 Å². The van der Waals surface area contributed by atoms with E-state index in [1.807, 2.05) is 0 Å². The van der Waals surface area contributed by atoms with Gasteiger partial charge in [0.25, 0.3) is 5.91 Å². The third kappa shape index (κ3) is 3.08. The first-order valence-electron chi connectivity index (χ1n) is 8.35. The first-order valence-corrected chi connectivity index (χ1v) is 8.73. The van der Waals surface area contributed by atoms with Gasteiger partial charge in [0.2, 0.25) is 0 Å². The predicted molar refractivity (Wildman–Crippen MR) is 90.6 cm³/mol. The molecule has 2 aliphatic heterocycles. The fraction of sp³-hybridized carbons (Fsp3) is 0.471. The number of hydrogen-bond acceptors (Lipinski definition) is 5. The van der Waals surface area contributed by atoms with Gasteiger partial charge < -0.3 is 14.4 Å². The largest absolute Gasteiger partial charge is 0.371 e. The molecule has 1 aromatic carbocycles. The number of rotatable bonds is 2. The third-order valence-electron chi connectivity index (χ3n) is 4.82. The summed E-state index contributed by atoms with van der Waals surface area (Å²) >= 11 is 6.16. The van der Waals surface area contributed by atoms with Gasteiger partial charge in [-0.25, -0.2) is 14.1 Å². The average molecular weight is 381 g/mol. The smallest absolute Gasteiger partial charge is 0.258 e. The molecule has 9 heteroatoms. The SMILES string of the molecule is Cc1ccc(F)c(C(=O)N2C[C@@H]3OCC(n4cncn4)CO[C@H]3C2)c1Cl. The lowest BCUT2D eigenvalue weighted by atomic mass is 10.1. The van der Waals surface area contributed by atoms with Crippen LogP contribution in [0.3, 0.4) is 0 Å². The molecule has 1 aromatic heterocycles. The highest BCUT2D eigenvalue weighted by molar-refractivity contribution is 6.34. The minimum absolute atomic E-state index is 0.0593. The maximum absolute atomic E-state index is 14.2. The summed E-state index contributed by atoms with van der Waals surface area (Å²) in [5, 5.41) is 4.26. The topological polar surface area (TPSA) is 69.5 Å². The molecule has 1 amide bonds. The maximum atomic E-state index is 14.2. The monoisotopic (exact) mass is 380 g/mol. The molecule has 2 aliphatic rings. The second-order valence-corrected chi connectivity index (χ2v) is 6.91. The predicted octanol–water partition coefficient (Wildman–Crippen LogP) is 1.86. The van der Waals surface area contributed by atoms with Crippen molar-refractivity contribution in [3.8, 4) is 0 Å². The molecule has 0 radical (unpaired) electrons. The molecule has 2 saturated heterocycles. The number of aryl methyl sites for hydroxylation is 1. The Kier molecular flexibility index (Phi) is 4.64. The molecule has 2 fully saturated rings. The summed E-state index contributed by atoms with van der Waals surface area (Å²) in [5.41, 5.74) is 0.566. The van der Waals surface area contributed by atoms with Crippen LogP contribution in [0.1, 0.15) is 22.0 Å². The Morgan fingerprint density at radius 3 is 2.58 bits per heavy atom. The number of carbonyl (C=O) groups is 1. The number of nitrogens with zero attached hydrogens (tertiary/aromatic N) is 4. The molecule has 0 N–H and O–H groups in total. The van der Waals surface area contributed by atoms with Gasteiger partial charge in [0.05, 0.1) is 23.8 Å². The minimum atomic E-state index is -0.620. The first-order chi connectivity index (χ1) is 12.5. The average Bonchev–Trinajstić information content (AvgIpc) is 3.26. The van der Waals surface area contributed by atoms with Crippen LogP contribution in [0.5, 0.6) is 0 Å². The normalized spacial score (nSPS) is 23.7. The van der Waals surface area contributed by atoms with Crippen molar-refractivity contribution in [2.24, 2.45) is 0 Å². The van der Waals surface area contributed by atoms with Gasteiger partial charge in [-0.15, -0.1) is 0 Å². The van der Waals surface area contributed by atoms with Crippen LogP contribution in [-0.4, -0.2) is 64.1 Å². The highest BCUT2D eigenvalue weighted by Crippen LogP contribution is 2.29. The highest BCUT2D eigenvalue weighted by atomic mass is 35.5. The van der Waals surface area contributed by atoms with Gasteiger partial charge >= 0.3 is 0 Å². The van der Waals surface area contributed by atoms with Gasteiger partial charge in [-0.3, -0.25) is 4.79 Å². The third-order valence-corrected chi connectivity index (χ3v) is 5.30. The van der Waals surface area contributed by atoms with E-state index in [-0.39, 0.29) is 28.8 Å². The van der Waals surface area contributed by atoms with Crippen molar-refractivity contribution >= 4 is 17.5 Å². The molecule has 0 unspecified atom stereocenters. The number of halogens is 2. The molecule has 4 rings (SSSR count). The van der Waals surface area contributed by atoms with Crippen LogP contribution in [-0.2, 0) is 9.47 Å². The lowest BCUT2D eigenvalue weighted by Crippen LogP contribution is -2.32. The second-order valence-electron chi connectivity index (χ2n) is 6.54. The van der Waals surface area contributed by atoms with E-state index in [1.54, 1.807) is 24.0 Å². The number of benzene rings is 1. The van der Waals surface area contributed by atoms with Crippen molar-refractivity contribution in [2.45, 2.75) is 25.2 Å². The number of fused-ring (bicyclic) bond motifs is 1. The Morgan fingerprint density at radius 2 is 1.96 bits per heavy atom. The quantitative estimate of drug-likeness (QED) is 0.795. The van der Waals surface area contributed by atoms with Crippen molar-refractivity contribution in [3.05, 3.63) is 46.8 Å². The van der Waals surface area contributed by atoms with E-state index in [9.17, 15) is 9.18 Å². The number of ether oxygens (including phenoxy) is 2. The van der Waals surface area contributed by atoms with Crippen molar-refractivity contribution in [2.75, 3.05) is 26.3 Å². The van der Waals surface area contributed by atoms with Crippen LogP contribution >= 0.6 is 11.6 Å². The van der Waals surface area contributed by atoms with Crippen LogP contribution in [0.15, 0.2) is 24.8 Å². The van der Waals surface area contributed by atoms with Crippen molar-refractivity contribution in [3.63, 3.8) is 0 Å². The van der Waals surface area contributed by atoms with Crippen LogP contribution in [0.2, 0.25) is 5.02 Å². The van der Waals surface area contributed by atoms with E-state index >= 15 is 0 Å². The van der Waals surface area contributed by atoms with Gasteiger partial charge in [-0.2, -0.15) is 5.10 Å². The van der Waals surface area contributed by atoms with E-state index in [2.05, 4.69) is 10.1 Å². The molecule has 26 heavy (non-hydrogen) atoms. The maximum Gasteiger partial charge on any atom is 0.258 e. The summed E-state index contributed by atoms with van der Waals surface area (Å²) < 4.78 is 27.7. The Labute approximate surface area is 154 Å². The molecular weight excluding hydrogens is 363 g/mol. The lowest BCUT2D eigenvalue weighted by Gasteiger charge is -2.20. The fourth-order valence-corrected chi connectivity index (χ4v) is 3.55. The molecule has 3 heterocycles. The van der Waals surface area contributed by atoms with E-state index in [1.165, 1.54) is 17.3 Å². The van der Waals surface area contributed by atoms with Gasteiger partial charge in [0.15, 0.2) is 0 Å². The van der Waals surface area contributed by atoms with E-state index in [4.69, 9.17) is 21.1 Å². The van der Waals surface area contributed by atoms with Crippen LogP contribution in [0.4, 0.5) is 4.39 Å². The zero-order chi connectivity index (χ0) is 18.3. The summed E-state index contributed by atoms with van der Waals surface area (Å²) in [6.07, 6.45) is 2.56. The zero-order valence-corrected chi connectivity index (χ0v) is 14.9. The first kappa shape index (κ1) is 17.4. The Bertz CT molecular complexity index is 801. The number of hydrogen-bond donors (Lipinski definition) is 0. The van der Waals surface area contributed by atoms with E-state index < -0.39 is 11.7 Å². The molecule has 7 nitrogen and oxygen atoms in total. The number of aromatic nitrogens is 3. The molecule has 0 aliphatic carbocycles. The molecule has 2 atom stereocenters. The second kappa shape index (κ2) is 6.94. The lowest BCUT2D eigenvalue weighted by molar-refractivity contribution is -0.00461. The molecule has 2 aromatic rings. The number of likely N-dealkylation sites (tertiary alicyclic amines) is 1. The summed E-state index contributed by atoms with van der Waals surface area (Å²) in [7, 11) is 0.